The molecule has 0 bridgehead atoms. The predicted octanol–water partition coefficient (Wildman–Crippen LogP) is 15.2. The van der Waals surface area contributed by atoms with Crippen molar-refractivity contribution in [3.05, 3.63) is 225 Å². The molecule has 5 heterocycles. The van der Waals surface area contributed by atoms with Crippen LogP contribution in [0.25, 0.3) is 78.1 Å². The molecule has 0 saturated heterocycles. The van der Waals surface area contributed by atoms with E-state index in [4.69, 9.17) is 4.98 Å². The lowest BCUT2D eigenvalue weighted by Crippen LogP contribution is -2.11. The predicted molar refractivity (Wildman–Crippen MR) is 256 cm³/mol. The number of hydrogen-bond donors (Lipinski definition) is 0. The third kappa shape index (κ3) is 4.93. The molecule has 8 aromatic carbocycles. The largest absolute Gasteiger partial charge is 0.309 e. The molecule has 0 N–H and O–H groups in total. The van der Waals surface area contributed by atoms with Crippen LogP contribution in [0.5, 0.6) is 0 Å². The van der Waals surface area contributed by atoms with Crippen LogP contribution in [0.3, 0.4) is 0 Å². The number of rotatable bonds is 4. The zero-order valence-electron chi connectivity index (χ0n) is 33.6. The average molecular weight is 792 g/mol. The minimum absolute atomic E-state index is 0.847. The summed E-state index contributed by atoms with van der Waals surface area (Å²) >= 11 is 0. The second kappa shape index (κ2) is 13.6. The highest BCUT2D eigenvalue weighted by molar-refractivity contribution is 6.14. The zero-order chi connectivity index (χ0) is 40.7. The molecule has 0 radical (unpaired) electrons. The van der Waals surface area contributed by atoms with Gasteiger partial charge in [0, 0.05) is 67.8 Å². The van der Waals surface area contributed by atoms with Gasteiger partial charge in [0.15, 0.2) is 0 Å². The lowest BCUT2D eigenvalue weighted by Gasteiger charge is -2.27. The van der Waals surface area contributed by atoms with Crippen LogP contribution in [-0.4, -0.2) is 14.1 Å². The quantitative estimate of drug-likeness (QED) is 0.178. The third-order valence-corrected chi connectivity index (χ3v) is 12.6. The van der Waals surface area contributed by atoms with Crippen molar-refractivity contribution in [2.75, 3.05) is 9.80 Å². The summed E-state index contributed by atoms with van der Waals surface area (Å²) in [5.74, 6) is 0.847. The van der Waals surface area contributed by atoms with Gasteiger partial charge in [-0.1, -0.05) is 146 Å². The smallest absolute Gasteiger partial charge is 0.139 e. The molecule has 0 spiro atoms. The topological polar surface area (TPSA) is 29.2 Å². The summed E-state index contributed by atoms with van der Waals surface area (Å²) in [4.78, 5) is 10.1. The minimum Gasteiger partial charge on any atom is -0.309 e. The summed E-state index contributed by atoms with van der Waals surface area (Å²) in [5, 5.41) is 2.38. The van der Waals surface area contributed by atoms with Crippen LogP contribution in [0.4, 0.5) is 34.1 Å². The molecule has 3 aromatic heterocycles. The molecule has 0 aliphatic carbocycles. The Morgan fingerprint density at radius 2 is 0.694 bits per heavy atom. The van der Waals surface area contributed by atoms with Crippen LogP contribution in [0.1, 0.15) is 0 Å². The molecule has 0 amide bonds. The standard InChI is InChI=1S/C57H37N5/c1-3-19-38(20-4-1)59-47-29-13-7-23-41(47)54-43-25-9-15-31-49(43)61(56(54)45-27-11-17-33-51(45)59)40-35-36-58-53(37-40)62-50-32-16-10-26-44(50)55-42-24-8-14-30-48(42)60(39-21-5-2-6-22-39)52-34-18-12-28-46(52)57(55)62/h1-37H. The molecular weight excluding hydrogens is 755 g/mol. The van der Waals surface area contributed by atoms with Crippen LogP contribution >= 0.6 is 0 Å². The van der Waals surface area contributed by atoms with E-state index in [9.17, 15) is 0 Å². The van der Waals surface area contributed by atoms with Gasteiger partial charge in [0.25, 0.3) is 0 Å². The van der Waals surface area contributed by atoms with E-state index in [-0.39, 0.29) is 0 Å². The second-order valence-electron chi connectivity index (χ2n) is 15.9. The molecule has 13 rings (SSSR count). The molecule has 11 aromatic rings. The Kier molecular flexibility index (Phi) is 7.54. The van der Waals surface area contributed by atoms with E-state index in [0.717, 1.165) is 79.2 Å². The molecule has 0 fully saturated rings. The van der Waals surface area contributed by atoms with Gasteiger partial charge in [-0.25, -0.2) is 4.98 Å². The Hall–Kier alpha value is -8.41. The first-order valence-electron chi connectivity index (χ1n) is 21.1. The Labute approximate surface area is 359 Å². The highest BCUT2D eigenvalue weighted by atomic mass is 15.2. The molecule has 2 aliphatic heterocycles. The molecule has 62 heavy (non-hydrogen) atoms. The second-order valence-corrected chi connectivity index (χ2v) is 15.9. The number of nitrogens with zero attached hydrogens (tertiary/aromatic N) is 5. The van der Waals surface area contributed by atoms with E-state index in [1.807, 2.05) is 6.20 Å². The van der Waals surface area contributed by atoms with E-state index in [1.165, 1.54) is 33.0 Å². The summed E-state index contributed by atoms with van der Waals surface area (Å²) in [7, 11) is 0. The van der Waals surface area contributed by atoms with Gasteiger partial charge in [0.2, 0.25) is 0 Å². The van der Waals surface area contributed by atoms with Crippen LogP contribution < -0.4 is 9.80 Å². The Bertz CT molecular complexity index is 3310. The van der Waals surface area contributed by atoms with E-state index >= 15 is 0 Å². The number of aromatic nitrogens is 3. The fourth-order valence-corrected chi connectivity index (χ4v) is 10.2. The molecule has 0 unspecified atom stereocenters. The summed E-state index contributed by atoms with van der Waals surface area (Å²) in [6.07, 6.45) is 1.98. The van der Waals surface area contributed by atoms with Crippen molar-refractivity contribution in [2.45, 2.75) is 0 Å². The summed E-state index contributed by atoms with van der Waals surface area (Å²) in [6.45, 7) is 0. The number of benzene rings is 8. The average Bonchev–Trinajstić information content (AvgIpc) is 3.78. The fourth-order valence-electron chi connectivity index (χ4n) is 10.2. The summed E-state index contributed by atoms with van der Waals surface area (Å²) < 4.78 is 4.85. The number of anilines is 6. The fraction of sp³-hybridized carbons (Fsp3) is 0. The number of para-hydroxylation sites is 8. The third-order valence-electron chi connectivity index (χ3n) is 12.6. The van der Waals surface area contributed by atoms with E-state index in [1.54, 1.807) is 0 Å². The van der Waals surface area contributed by atoms with E-state index < -0.39 is 0 Å². The Balaban J connectivity index is 1.11. The number of fused-ring (bicyclic) bond motifs is 14. The molecule has 5 heteroatoms. The van der Waals surface area contributed by atoms with Gasteiger partial charge in [0.05, 0.1) is 50.9 Å². The van der Waals surface area contributed by atoms with Gasteiger partial charge < -0.3 is 14.4 Å². The van der Waals surface area contributed by atoms with Crippen molar-refractivity contribution in [3.8, 4) is 56.3 Å². The van der Waals surface area contributed by atoms with Crippen molar-refractivity contribution < 1.29 is 0 Å². The molecule has 290 valence electrons. The van der Waals surface area contributed by atoms with Gasteiger partial charge in [0.1, 0.15) is 5.82 Å². The lowest BCUT2D eigenvalue weighted by molar-refractivity contribution is 1.03. The zero-order valence-corrected chi connectivity index (χ0v) is 33.6. The minimum atomic E-state index is 0.847. The lowest BCUT2D eigenvalue weighted by atomic mass is 9.98. The first-order valence-corrected chi connectivity index (χ1v) is 21.1. The van der Waals surface area contributed by atoms with Crippen molar-refractivity contribution in [1.82, 2.24) is 14.1 Å². The van der Waals surface area contributed by atoms with E-state index in [0.29, 0.717) is 0 Å². The maximum absolute atomic E-state index is 5.26. The normalized spacial score (nSPS) is 12.5. The first kappa shape index (κ1) is 34.5. The highest BCUT2D eigenvalue weighted by Gasteiger charge is 2.33. The van der Waals surface area contributed by atoms with Gasteiger partial charge in [-0.2, -0.15) is 0 Å². The van der Waals surface area contributed by atoms with Crippen LogP contribution in [0.15, 0.2) is 225 Å². The SMILES string of the molecule is c1ccc(N2c3ccccc3-c3c(n(-c4ccnc(-n5c6c(c7ccccc75)-c5ccccc5N(c5ccccc5)c5ccccc5-6)c4)c4ccccc34)-c3ccccc32)cc1. The van der Waals surface area contributed by atoms with Gasteiger partial charge >= 0.3 is 0 Å². The van der Waals surface area contributed by atoms with Crippen LogP contribution in [-0.2, 0) is 0 Å². The summed E-state index contributed by atoms with van der Waals surface area (Å²) in [6, 6.07) is 78.8. The van der Waals surface area contributed by atoms with Crippen molar-refractivity contribution in [3.63, 3.8) is 0 Å². The molecule has 0 atom stereocenters. The highest BCUT2D eigenvalue weighted by Crippen LogP contribution is 2.56. The monoisotopic (exact) mass is 791 g/mol. The van der Waals surface area contributed by atoms with Crippen molar-refractivity contribution in [2.24, 2.45) is 0 Å². The Morgan fingerprint density at radius 1 is 0.306 bits per heavy atom. The van der Waals surface area contributed by atoms with Gasteiger partial charge in [-0.3, -0.25) is 4.57 Å². The van der Waals surface area contributed by atoms with E-state index in [2.05, 4.69) is 237 Å². The van der Waals surface area contributed by atoms with Gasteiger partial charge in [-0.05, 0) is 66.7 Å². The molecular formula is C57H37N5. The molecule has 0 saturated carbocycles. The first-order chi connectivity index (χ1) is 30.8. The maximum atomic E-state index is 5.26. The van der Waals surface area contributed by atoms with Crippen LogP contribution in [0.2, 0.25) is 0 Å². The number of pyridine rings is 1. The summed E-state index contributed by atoms with van der Waals surface area (Å²) in [5.41, 5.74) is 19.4. The van der Waals surface area contributed by atoms with Crippen molar-refractivity contribution >= 4 is 55.9 Å². The molecule has 2 aliphatic rings. The Morgan fingerprint density at radius 3 is 1.21 bits per heavy atom. The van der Waals surface area contributed by atoms with Crippen LogP contribution in [0, 0.1) is 0 Å². The molecule has 5 nitrogen and oxygen atoms in total. The number of hydrogen-bond acceptors (Lipinski definition) is 3. The maximum Gasteiger partial charge on any atom is 0.139 e. The van der Waals surface area contributed by atoms with Gasteiger partial charge in [-0.15, -0.1) is 0 Å². The van der Waals surface area contributed by atoms with Crippen molar-refractivity contribution in [1.29, 1.82) is 0 Å².